The van der Waals surface area contributed by atoms with E-state index in [1.165, 1.54) is 36.3 Å². The van der Waals surface area contributed by atoms with Crippen LogP contribution < -0.4 is 9.47 Å². The molecule has 6 nitrogen and oxygen atoms in total. The molecule has 6 heteroatoms. The number of nitrogens with zero attached hydrogens (tertiary/aromatic N) is 1. The Hall–Kier alpha value is -3.41. The maximum atomic E-state index is 12.0. The van der Waals surface area contributed by atoms with Gasteiger partial charge in [-0.2, -0.15) is 0 Å². The van der Waals surface area contributed by atoms with Crippen LogP contribution in [0.1, 0.15) is 44.6 Å². The Morgan fingerprint density at radius 1 is 1.03 bits per heavy atom. The Labute approximate surface area is 177 Å². The summed E-state index contributed by atoms with van der Waals surface area (Å²) in [5.41, 5.74) is 2.28. The van der Waals surface area contributed by atoms with Crippen molar-refractivity contribution < 1.29 is 19.2 Å². The van der Waals surface area contributed by atoms with Crippen molar-refractivity contribution in [3.8, 4) is 11.5 Å². The molecular weight excluding hydrogens is 382 g/mol. The third kappa shape index (κ3) is 7.54. The number of non-ortho nitro benzene ring substituents is 1. The number of esters is 1. The number of unbranched alkanes of at least 4 members (excludes halogenated alkanes) is 2. The molecule has 2 aromatic carbocycles. The van der Waals surface area contributed by atoms with Crippen LogP contribution in [0.5, 0.6) is 11.5 Å². The summed E-state index contributed by atoms with van der Waals surface area (Å²) in [5, 5.41) is 10.7. The van der Waals surface area contributed by atoms with Crippen molar-refractivity contribution in [3.05, 3.63) is 82.4 Å². The highest BCUT2D eigenvalue weighted by Crippen LogP contribution is 2.24. The van der Waals surface area contributed by atoms with Crippen molar-refractivity contribution in [2.24, 2.45) is 0 Å². The molecule has 0 saturated heterocycles. The van der Waals surface area contributed by atoms with E-state index < -0.39 is 10.9 Å². The van der Waals surface area contributed by atoms with Crippen LogP contribution in [0.2, 0.25) is 0 Å². The van der Waals surface area contributed by atoms with Crippen molar-refractivity contribution >= 4 is 17.2 Å². The first-order valence-electron chi connectivity index (χ1n) is 9.98. The lowest BCUT2D eigenvalue weighted by Gasteiger charge is -2.08. The summed E-state index contributed by atoms with van der Waals surface area (Å²) in [6.45, 7) is 2.17. The number of hydrogen-bond donors (Lipinski definition) is 0. The molecule has 0 amide bonds. The van der Waals surface area contributed by atoms with Gasteiger partial charge in [-0.05, 0) is 48.2 Å². The van der Waals surface area contributed by atoms with Crippen molar-refractivity contribution in [3.63, 3.8) is 0 Å². The van der Waals surface area contributed by atoms with Crippen molar-refractivity contribution in [2.75, 3.05) is 7.11 Å². The van der Waals surface area contributed by atoms with Crippen LogP contribution in [0.4, 0.5) is 5.69 Å². The topological polar surface area (TPSA) is 78.7 Å². The van der Waals surface area contributed by atoms with Gasteiger partial charge in [0.15, 0.2) is 0 Å². The number of carbonyl (C=O) groups excluding carboxylic acids is 1. The van der Waals surface area contributed by atoms with E-state index in [1.54, 1.807) is 13.2 Å². The Bertz CT molecular complexity index is 883. The summed E-state index contributed by atoms with van der Waals surface area (Å²) in [6.07, 6.45) is 10.1. The number of nitro groups is 1. The molecule has 0 aromatic heterocycles. The van der Waals surface area contributed by atoms with Gasteiger partial charge >= 0.3 is 5.97 Å². The molecular formula is C24H27NO5. The van der Waals surface area contributed by atoms with Gasteiger partial charge in [-0.3, -0.25) is 14.9 Å². The highest BCUT2D eigenvalue weighted by molar-refractivity contribution is 5.74. The van der Waals surface area contributed by atoms with Gasteiger partial charge in [0.1, 0.15) is 11.5 Å². The number of hydrogen-bond acceptors (Lipinski definition) is 5. The summed E-state index contributed by atoms with van der Waals surface area (Å²) in [6, 6.07) is 13.4. The largest absolute Gasteiger partial charge is 0.497 e. The molecule has 0 saturated carbocycles. The summed E-state index contributed by atoms with van der Waals surface area (Å²) in [4.78, 5) is 22.1. The molecule has 0 fully saturated rings. The highest BCUT2D eigenvalue weighted by Gasteiger charge is 2.07. The zero-order chi connectivity index (χ0) is 21.8. The minimum absolute atomic E-state index is 0.0473. The first-order valence-corrected chi connectivity index (χ1v) is 9.98. The Morgan fingerprint density at radius 3 is 2.30 bits per heavy atom. The van der Waals surface area contributed by atoms with Gasteiger partial charge in [0.05, 0.1) is 18.5 Å². The van der Waals surface area contributed by atoms with E-state index in [-0.39, 0.29) is 17.9 Å². The van der Waals surface area contributed by atoms with Gasteiger partial charge in [-0.1, -0.05) is 50.1 Å². The van der Waals surface area contributed by atoms with Crippen molar-refractivity contribution in [2.45, 2.75) is 39.0 Å². The Kier molecular flexibility index (Phi) is 9.31. The fourth-order valence-electron chi connectivity index (χ4n) is 2.85. The molecule has 30 heavy (non-hydrogen) atoms. The van der Waals surface area contributed by atoms with Crippen molar-refractivity contribution in [1.82, 2.24) is 0 Å². The number of methoxy groups -OCH3 is 1. The predicted octanol–water partition coefficient (Wildman–Crippen LogP) is 6.12. The molecule has 0 heterocycles. The SMILES string of the molecule is CCCCC/C(=C/C=C/CC(=O)Oc1ccc([N+](=O)[O-])cc1)c1ccc(OC)cc1. The minimum Gasteiger partial charge on any atom is -0.497 e. The van der Waals surface area contributed by atoms with E-state index in [0.717, 1.165) is 30.6 Å². The molecule has 0 radical (unpaired) electrons. The van der Waals surface area contributed by atoms with Crippen LogP contribution in [0.25, 0.3) is 5.57 Å². The smallest absolute Gasteiger partial charge is 0.315 e. The van der Waals surface area contributed by atoms with Gasteiger partial charge in [0.2, 0.25) is 0 Å². The lowest BCUT2D eigenvalue weighted by atomic mass is 9.99. The predicted molar refractivity (Wildman–Crippen MR) is 118 cm³/mol. The van der Waals surface area contributed by atoms with Crippen LogP contribution >= 0.6 is 0 Å². The molecule has 2 aromatic rings. The molecule has 158 valence electrons. The molecule has 0 aliphatic heterocycles. The van der Waals surface area contributed by atoms with Crippen LogP contribution in [-0.2, 0) is 4.79 Å². The molecule has 0 N–H and O–H groups in total. The number of benzene rings is 2. The first-order chi connectivity index (χ1) is 14.5. The van der Waals surface area contributed by atoms with Crippen LogP contribution in [0.15, 0.2) is 66.8 Å². The number of allylic oxidation sites excluding steroid dienone is 3. The van der Waals surface area contributed by atoms with Crippen LogP contribution in [0, 0.1) is 10.1 Å². The van der Waals surface area contributed by atoms with E-state index in [0.29, 0.717) is 0 Å². The van der Waals surface area contributed by atoms with Crippen molar-refractivity contribution in [1.29, 1.82) is 0 Å². The van der Waals surface area contributed by atoms with Crippen LogP contribution in [-0.4, -0.2) is 18.0 Å². The van der Waals surface area contributed by atoms with E-state index in [2.05, 4.69) is 6.92 Å². The third-order valence-corrected chi connectivity index (χ3v) is 4.51. The normalized spacial score (nSPS) is 11.5. The second-order valence-electron chi connectivity index (χ2n) is 6.73. The van der Waals surface area contributed by atoms with E-state index in [9.17, 15) is 14.9 Å². The molecule has 0 bridgehead atoms. The van der Waals surface area contributed by atoms with Gasteiger partial charge in [-0.15, -0.1) is 0 Å². The molecule has 0 aliphatic rings. The molecule has 2 rings (SSSR count). The fourth-order valence-corrected chi connectivity index (χ4v) is 2.85. The lowest BCUT2D eigenvalue weighted by molar-refractivity contribution is -0.384. The van der Waals surface area contributed by atoms with E-state index >= 15 is 0 Å². The van der Waals surface area contributed by atoms with E-state index in [1.807, 2.05) is 36.4 Å². The van der Waals surface area contributed by atoms with E-state index in [4.69, 9.17) is 9.47 Å². The summed E-state index contributed by atoms with van der Waals surface area (Å²) in [7, 11) is 1.64. The highest BCUT2D eigenvalue weighted by atomic mass is 16.6. The summed E-state index contributed by atoms with van der Waals surface area (Å²) in [5.74, 6) is 0.676. The number of nitro benzene ring substituents is 1. The van der Waals surface area contributed by atoms with Crippen LogP contribution in [0.3, 0.4) is 0 Å². The monoisotopic (exact) mass is 409 g/mol. The molecule has 0 aliphatic carbocycles. The second kappa shape index (κ2) is 12.2. The zero-order valence-corrected chi connectivity index (χ0v) is 17.4. The molecule has 0 spiro atoms. The summed E-state index contributed by atoms with van der Waals surface area (Å²) >= 11 is 0. The second-order valence-corrected chi connectivity index (χ2v) is 6.73. The average molecular weight is 409 g/mol. The number of rotatable bonds is 11. The lowest BCUT2D eigenvalue weighted by Crippen LogP contribution is -2.06. The molecule has 0 unspecified atom stereocenters. The maximum absolute atomic E-state index is 12.0. The zero-order valence-electron chi connectivity index (χ0n) is 17.4. The van der Waals surface area contributed by atoms with Gasteiger partial charge in [0.25, 0.3) is 5.69 Å². The third-order valence-electron chi connectivity index (χ3n) is 4.51. The quantitative estimate of drug-likeness (QED) is 0.112. The first kappa shape index (κ1) is 22.9. The number of carbonyl (C=O) groups is 1. The van der Waals surface area contributed by atoms with Gasteiger partial charge < -0.3 is 9.47 Å². The standard InChI is InChI=1S/C24H27NO5/c1-3-4-5-8-19(20-11-15-22(29-2)16-12-20)9-6-7-10-24(26)30-23-17-13-21(14-18-23)25(27)28/h6-7,9,11-18H,3-5,8,10H2,1-2H3/b7-6+,19-9-. The fraction of sp³-hybridized carbons (Fsp3) is 0.292. The van der Waals surface area contributed by atoms with Gasteiger partial charge in [0, 0.05) is 12.1 Å². The Balaban J connectivity index is 1.96. The number of ether oxygens (including phenoxy) is 2. The van der Waals surface area contributed by atoms with Gasteiger partial charge in [-0.25, -0.2) is 0 Å². The molecule has 0 atom stereocenters. The summed E-state index contributed by atoms with van der Waals surface area (Å²) < 4.78 is 10.4. The minimum atomic E-state index is -0.498. The average Bonchev–Trinajstić information content (AvgIpc) is 2.76. The maximum Gasteiger partial charge on any atom is 0.315 e. The Morgan fingerprint density at radius 2 is 1.70 bits per heavy atom.